The molecule has 1 aliphatic rings. The maximum atomic E-state index is 13.6. The molecule has 9 heteroatoms. The quantitative estimate of drug-likeness (QED) is 0.742. The zero-order valence-corrected chi connectivity index (χ0v) is 14.7. The van der Waals surface area contributed by atoms with Crippen LogP contribution in [-0.2, 0) is 10.9 Å². The Bertz CT molecular complexity index is 996. The third-order valence-electron chi connectivity index (χ3n) is 4.59. The van der Waals surface area contributed by atoms with Crippen molar-refractivity contribution in [3.63, 3.8) is 0 Å². The number of hydrogen-bond acceptors (Lipinski definition) is 4. The Labute approximate surface area is 158 Å². The molecule has 1 saturated heterocycles. The van der Waals surface area contributed by atoms with Crippen LogP contribution < -0.4 is 5.32 Å². The molecule has 1 fully saturated rings. The van der Waals surface area contributed by atoms with Gasteiger partial charge in [0.15, 0.2) is 11.3 Å². The molecule has 0 radical (unpaired) electrons. The van der Waals surface area contributed by atoms with Gasteiger partial charge in [-0.2, -0.15) is 18.3 Å². The number of carbonyl (C=O) groups excluding carboxylic acids is 1. The van der Waals surface area contributed by atoms with Crippen LogP contribution in [0, 0.1) is 0 Å². The molecule has 0 spiro atoms. The zero-order chi connectivity index (χ0) is 19.7. The standard InChI is InChI=1S/C19H17F3N4O2/c20-19(21,22)16-9-15(12-5-2-1-3-6-12)25-17-14(11-24-26(16)17)18(27)23-10-13-7-4-8-28-13/h1-3,5-6,9,11,13H,4,7-8,10H2,(H,23,27)/t13-/m0/s1. The fourth-order valence-corrected chi connectivity index (χ4v) is 3.19. The number of alkyl halides is 3. The van der Waals surface area contributed by atoms with Crippen LogP contribution in [0.5, 0.6) is 0 Å². The molecular formula is C19H17F3N4O2. The summed E-state index contributed by atoms with van der Waals surface area (Å²) in [5, 5.41) is 6.46. The Hall–Kier alpha value is -2.94. The van der Waals surface area contributed by atoms with Crippen molar-refractivity contribution in [2.45, 2.75) is 25.1 Å². The largest absolute Gasteiger partial charge is 0.433 e. The van der Waals surface area contributed by atoms with E-state index in [1.807, 2.05) is 0 Å². The molecule has 3 heterocycles. The van der Waals surface area contributed by atoms with E-state index in [0.717, 1.165) is 25.1 Å². The number of hydrogen-bond donors (Lipinski definition) is 1. The summed E-state index contributed by atoms with van der Waals surface area (Å²) in [7, 11) is 0. The second-order valence-corrected chi connectivity index (χ2v) is 6.53. The van der Waals surface area contributed by atoms with Crippen LogP contribution in [0.4, 0.5) is 13.2 Å². The predicted molar refractivity (Wildman–Crippen MR) is 94.7 cm³/mol. The second kappa shape index (κ2) is 7.23. The first kappa shape index (κ1) is 18.4. The van der Waals surface area contributed by atoms with Crippen molar-refractivity contribution in [2.75, 3.05) is 13.2 Å². The summed E-state index contributed by atoms with van der Waals surface area (Å²) in [4.78, 5) is 16.8. The van der Waals surface area contributed by atoms with Crippen molar-refractivity contribution < 1.29 is 22.7 Å². The van der Waals surface area contributed by atoms with Crippen molar-refractivity contribution in [2.24, 2.45) is 0 Å². The summed E-state index contributed by atoms with van der Waals surface area (Å²) in [6, 6.07) is 9.43. The summed E-state index contributed by atoms with van der Waals surface area (Å²) >= 11 is 0. The van der Waals surface area contributed by atoms with Gasteiger partial charge in [-0.05, 0) is 18.9 Å². The van der Waals surface area contributed by atoms with Crippen LogP contribution in [0.25, 0.3) is 16.9 Å². The molecule has 1 aromatic carbocycles. The maximum absolute atomic E-state index is 13.6. The Morgan fingerprint density at radius 1 is 1.29 bits per heavy atom. The van der Waals surface area contributed by atoms with Gasteiger partial charge in [-0.15, -0.1) is 0 Å². The molecule has 28 heavy (non-hydrogen) atoms. The van der Waals surface area contributed by atoms with Gasteiger partial charge in [0, 0.05) is 18.7 Å². The summed E-state index contributed by atoms with van der Waals surface area (Å²) in [5.74, 6) is -0.531. The van der Waals surface area contributed by atoms with E-state index in [4.69, 9.17) is 4.74 Å². The first-order valence-corrected chi connectivity index (χ1v) is 8.84. The van der Waals surface area contributed by atoms with Crippen LogP contribution >= 0.6 is 0 Å². The molecule has 0 bridgehead atoms. The summed E-state index contributed by atoms with van der Waals surface area (Å²) in [6.07, 6.45) is -1.86. The summed E-state index contributed by atoms with van der Waals surface area (Å²) in [6.45, 7) is 0.939. The molecule has 1 N–H and O–H groups in total. The lowest BCUT2D eigenvalue weighted by molar-refractivity contribution is -0.142. The molecule has 2 aromatic heterocycles. The SMILES string of the molecule is O=C(NC[C@@H]1CCCO1)c1cnn2c(C(F)(F)F)cc(-c3ccccc3)nc12. The van der Waals surface area contributed by atoms with Crippen molar-refractivity contribution >= 4 is 11.6 Å². The molecule has 0 aliphatic carbocycles. The average Bonchev–Trinajstić information content (AvgIpc) is 3.35. The third-order valence-corrected chi connectivity index (χ3v) is 4.59. The van der Waals surface area contributed by atoms with Gasteiger partial charge in [0.25, 0.3) is 5.91 Å². The van der Waals surface area contributed by atoms with Gasteiger partial charge in [-0.1, -0.05) is 30.3 Å². The first-order valence-electron chi connectivity index (χ1n) is 8.84. The second-order valence-electron chi connectivity index (χ2n) is 6.53. The smallest absolute Gasteiger partial charge is 0.376 e. The minimum absolute atomic E-state index is 0.0127. The number of benzene rings is 1. The molecule has 1 atom stereocenters. The molecule has 4 rings (SSSR count). The highest BCUT2D eigenvalue weighted by atomic mass is 19.4. The van der Waals surface area contributed by atoms with Crippen molar-refractivity contribution in [3.8, 4) is 11.3 Å². The number of fused-ring (bicyclic) bond motifs is 1. The van der Waals surface area contributed by atoms with E-state index in [1.54, 1.807) is 30.3 Å². The molecular weight excluding hydrogens is 373 g/mol. The van der Waals surface area contributed by atoms with Gasteiger partial charge in [-0.3, -0.25) is 4.79 Å². The van der Waals surface area contributed by atoms with E-state index in [9.17, 15) is 18.0 Å². The van der Waals surface area contributed by atoms with E-state index in [2.05, 4.69) is 15.4 Å². The lowest BCUT2D eigenvalue weighted by Gasteiger charge is -2.12. The average molecular weight is 390 g/mol. The minimum Gasteiger partial charge on any atom is -0.376 e. The van der Waals surface area contributed by atoms with Crippen LogP contribution in [-0.4, -0.2) is 39.8 Å². The summed E-state index contributed by atoms with van der Waals surface area (Å²) < 4.78 is 46.8. The highest BCUT2D eigenvalue weighted by Crippen LogP contribution is 2.32. The first-order chi connectivity index (χ1) is 13.4. The van der Waals surface area contributed by atoms with E-state index < -0.39 is 17.8 Å². The van der Waals surface area contributed by atoms with Gasteiger partial charge in [0.2, 0.25) is 0 Å². The topological polar surface area (TPSA) is 68.5 Å². The van der Waals surface area contributed by atoms with Gasteiger partial charge >= 0.3 is 6.18 Å². The Morgan fingerprint density at radius 2 is 2.07 bits per heavy atom. The van der Waals surface area contributed by atoms with E-state index in [1.165, 1.54) is 0 Å². The number of halogens is 3. The predicted octanol–water partition coefficient (Wildman–Crippen LogP) is 3.32. The molecule has 1 aliphatic heterocycles. The fourth-order valence-electron chi connectivity index (χ4n) is 3.19. The Morgan fingerprint density at radius 3 is 2.75 bits per heavy atom. The molecule has 6 nitrogen and oxygen atoms in total. The van der Waals surface area contributed by atoms with E-state index in [-0.39, 0.29) is 23.0 Å². The van der Waals surface area contributed by atoms with Gasteiger partial charge in [0.05, 0.1) is 18.0 Å². The number of rotatable bonds is 4. The number of amides is 1. The monoisotopic (exact) mass is 390 g/mol. The Kier molecular flexibility index (Phi) is 4.76. The number of carbonyl (C=O) groups is 1. The van der Waals surface area contributed by atoms with Crippen LogP contribution in [0.2, 0.25) is 0 Å². The van der Waals surface area contributed by atoms with E-state index >= 15 is 0 Å². The van der Waals surface area contributed by atoms with Crippen molar-refractivity contribution in [1.82, 2.24) is 19.9 Å². The van der Waals surface area contributed by atoms with Crippen molar-refractivity contribution in [3.05, 3.63) is 53.9 Å². The van der Waals surface area contributed by atoms with Crippen LogP contribution in [0.15, 0.2) is 42.6 Å². The zero-order valence-electron chi connectivity index (χ0n) is 14.7. The number of nitrogens with one attached hydrogen (secondary N) is 1. The molecule has 0 unspecified atom stereocenters. The highest BCUT2D eigenvalue weighted by Gasteiger charge is 2.36. The Balaban J connectivity index is 1.74. The number of ether oxygens (including phenoxy) is 1. The number of aromatic nitrogens is 3. The maximum Gasteiger partial charge on any atom is 0.433 e. The number of nitrogens with zero attached hydrogens (tertiary/aromatic N) is 3. The van der Waals surface area contributed by atoms with E-state index in [0.29, 0.717) is 23.2 Å². The molecule has 3 aromatic rings. The summed E-state index contributed by atoms with van der Waals surface area (Å²) in [5.41, 5.74) is -0.508. The molecule has 146 valence electrons. The minimum atomic E-state index is -4.65. The lowest BCUT2D eigenvalue weighted by atomic mass is 10.1. The normalized spacial score (nSPS) is 17.2. The van der Waals surface area contributed by atoms with Gasteiger partial charge in [0.1, 0.15) is 5.56 Å². The molecule has 1 amide bonds. The van der Waals surface area contributed by atoms with Gasteiger partial charge in [-0.25, -0.2) is 9.50 Å². The molecule has 0 saturated carbocycles. The van der Waals surface area contributed by atoms with Gasteiger partial charge < -0.3 is 10.1 Å². The fraction of sp³-hybridized carbons (Fsp3) is 0.316. The lowest BCUT2D eigenvalue weighted by Crippen LogP contribution is -2.31. The third kappa shape index (κ3) is 3.57. The van der Waals surface area contributed by atoms with Crippen LogP contribution in [0.1, 0.15) is 28.9 Å². The van der Waals surface area contributed by atoms with Crippen LogP contribution in [0.3, 0.4) is 0 Å². The highest BCUT2D eigenvalue weighted by molar-refractivity contribution is 5.99. The van der Waals surface area contributed by atoms with Crippen molar-refractivity contribution in [1.29, 1.82) is 0 Å².